The van der Waals surface area contributed by atoms with Crippen LogP contribution in [0.1, 0.15) is 52.9 Å². The molecule has 1 saturated heterocycles. The smallest absolute Gasteiger partial charge is 0.212 e. The lowest BCUT2D eigenvalue weighted by molar-refractivity contribution is -0.139. The Balaban J connectivity index is 2.10. The largest absolute Gasteiger partial charge is 0.371 e. The molecule has 1 N–H and O–H groups in total. The zero-order valence-electron chi connectivity index (χ0n) is 14.3. The van der Waals surface area contributed by atoms with Crippen LogP contribution in [0.4, 0.5) is 0 Å². The molecule has 0 bridgehead atoms. The van der Waals surface area contributed by atoms with Gasteiger partial charge in [0.15, 0.2) is 0 Å². The van der Waals surface area contributed by atoms with Crippen molar-refractivity contribution in [1.82, 2.24) is 9.62 Å². The van der Waals surface area contributed by atoms with Crippen molar-refractivity contribution in [3.8, 4) is 0 Å². The van der Waals surface area contributed by atoms with E-state index in [2.05, 4.69) is 16.5 Å². The third-order valence-electron chi connectivity index (χ3n) is 4.68. The average molecular weight is 333 g/mol. The number of hydrogen-bond donors (Lipinski definition) is 1. The summed E-state index contributed by atoms with van der Waals surface area (Å²) in [6, 6.07) is -0.0790. The number of morpholine rings is 1. The Bertz CT molecular complexity index is 446. The maximum atomic E-state index is 12.4. The number of ether oxygens (including phenoxy) is 1. The second kappa shape index (κ2) is 7.60. The van der Waals surface area contributed by atoms with E-state index < -0.39 is 10.0 Å². The molecule has 5 nitrogen and oxygen atoms in total. The molecule has 2 unspecified atom stereocenters. The third-order valence-corrected chi connectivity index (χ3v) is 6.43. The summed E-state index contributed by atoms with van der Waals surface area (Å²) in [5.41, 5.74) is -0.324. The predicted molar refractivity (Wildman–Crippen MR) is 89.4 cm³/mol. The van der Waals surface area contributed by atoms with Gasteiger partial charge < -0.3 is 4.74 Å². The molecule has 22 heavy (non-hydrogen) atoms. The molecule has 0 aromatic rings. The normalized spacial score (nSPS) is 31.0. The van der Waals surface area contributed by atoms with E-state index in [9.17, 15) is 8.42 Å². The third kappa shape index (κ3) is 4.66. The summed E-state index contributed by atoms with van der Waals surface area (Å²) in [6.07, 6.45) is 5.18. The van der Waals surface area contributed by atoms with Gasteiger partial charge in [0, 0.05) is 13.1 Å². The molecular formula is C16H32N2O3S. The fourth-order valence-electron chi connectivity index (χ4n) is 3.83. The minimum absolute atomic E-state index is 0.0790. The number of nitrogens with zero attached hydrogens (tertiary/aromatic N) is 1. The lowest BCUT2D eigenvalue weighted by Gasteiger charge is -2.49. The average Bonchev–Trinajstić information content (AvgIpc) is 2.41. The van der Waals surface area contributed by atoms with Gasteiger partial charge in [0.05, 0.1) is 24.0 Å². The first kappa shape index (κ1) is 18.2. The van der Waals surface area contributed by atoms with E-state index in [4.69, 9.17) is 4.74 Å². The van der Waals surface area contributed by atoms with Crippen molar-refractivity contribution in [2.24, 2.45) is 5.92 Å². The van der Waals surface area contributed by atoms with Crippen molar-refractivity contribution < 1.29 is 13.2 Å². The molecule has 6 heteroatoms. The lowest BCUT2D eigenvalue weighted by atomic mass is 9.79. The van der Waals surface area contributed by atoms with Crippen LogP contribution in [0.5, 0.6) is 0 Å². The zero-order valence-corrected chi connectivity index (χ0v) is 15.1. The van der Waals surface area contributed by atoms with Crippen LogP contribution in [-0.2, 0) is 14.8 Å². The lowest BCUT2D eigenvalue weighted by Crippen LogP contribution is -2.64. The minimum Gasteiger partial charge on any atom is -0.371 e. The van der Waals surface area contributed by atoms with Crippen LogP contribution in [0.2, 0.25) is 0 Å². The monoisotopic (exact) mass is 332 g/mol. The van der Waals surface area contributed by atoms with Crippen molar-refractivity contribution in [2.75, 3.05) is 32.0 Å². The van der Waals surface area contributed by atoms with Crippen LogP contribution in [-0.4, -0.2) is 57.0 Å². The molecule has 1 aliphatic carbocycles. The van der Waals surface area contributed by atoms with E-state index in [1.165, 1.54) is 0 Å². The molecule has 0 aromatic heterocycles. The van der Waals surface area contributed by atoms with Crippen LogP contribution in [0.15, 0.2) is 0 Å². The molecule has 2 atom stereocenters. The van der Waals surface area contributed by atoms with Gasteiger partial charge in [-0.05, 0) is 31.7 Å². The van der Waals surface area contributed by atoms with Crippen LogP contribution in [0, 0.1) is 5.92 Å². The van der Waals surface area contributed by atoms with Gasteiger partial charge in [-0.25, -0.2) is 13.1 Å². The minimum atomic E-state index is -3.23. The Morgan fingerprint density at radius 3 is 2.82 bits per heavy atom. The highest BCUT2D eigenvalue weighted by Gasteiger charge is 2.46. The Hall–Kier alpha value is -0.170. The standard InChI is InChI=1S/C16H32N2O3S/c1-4-9-18-10-11-21-16(13-18)8-6-5-7-15(16)17-22(19,20)12-14(2)3/h14-15,17H,4-13H2,1-3H3. The molecule has 1 heterocycles. The fraction of sp³-hybridized carbons (Fsp3) is 1.00. The summed E-state index contributed by atoms with van der Waals surface area (Å²) >= 11 is 0. The van der Waals surface area contributed by atoms with Crippen LogP contribution < -0.4 is 4.72 Å². The fourth-order valence-corrected chi connectivity index (χ4v) is 5.57. The van der Waals surface area contributed by atoms with Crippen LogP contribution in [0.3, 0.4) is 0 Å². The predicted octanol–water partition coefficient (Wildman–Crippen LogP) is 1.99. The molecule has 0 radical (unpaired) electrons. The van der Waals surface area contributed by atoms with E-state index >= 15 is 0 Å². The number of nitrogens with one attached hydrogen (secondary N) is 1. The summed E-state index contributed by atoms with van der Waals surface area (Å²) in [7, 11) is -3.23. The second-order valence-electron chi connectivity index (χ2n) is 7.28. The molecule has 0 aromatic carbocycles. The van der Waals surface area contributed by atoms with Crippen molar-refractivity contribution >= 4 is 10.0 Å². The second-order valence-corrected chi connectivity index (χ2v) is 9.08. The van der Waals surface area contributed by atoms with E-state index in [0.717, 1.165) is 51.7 Å². The molecule has 2 fully saturated rings. The summed E-state index contributed by atoms with van der Waals surface area (Å²) in [6.45, 7) is 9.66. The van der Waals surface area contributed by atoms with Gasteiger partial charge in [0.2, 0.25) is 10.0 Å². The molecule has 2 aliphatic rings. The molecule has 0 amide bonds. The molecular weight excluding hydrogens is 300 g/mol. The topological polar surface area (TPSA) is 58.6 Å². The highest BCUT2D eigenvalue weighted by molar-refractivity contribution is 7.89. The van der Waals surface area contributed by atoms with E-state index in [1.54, 1.807) is 0 Å². The summed E-state index contributed by atoms with van der Waals surface area (Å²) in [4.78, 5) is 2.43. The highest BCUT2D eigenvalue weighted by Crippen LogP contribution is 2.35. The number of rotatable bonds is 6. The van der Waals surface area contributed by atoms with Gasteiger partial charge in [0.1, 0.15) is 0 Å². The maximum absolute atomic E-state index is 12.4. The van der Waals surface area contributed by atoms with Gasteiger partial charge in [-0.2, -0.15) is 0 Å². The first-order valence-corrected chi connectivity index (χ1v) is 10.4. The molecule has 1 aliphatic heterocycles. The molecule has 1 spiro atoms. The van der Waals surface area contributed by atoms with Crippen molar-refractivity contribution in [3.63, 3.8) is 0 Å². The van der Waals surface area contributed by atoms with Gasteiger partial charge in [-0.3, -0.25) is 4.90 Å². The van der Waals surface area contributed by atoms with Gasteiger partial charge in [0.25, 0.3) is 0 Å². The van der Waals surface area contributed by atoms with Gasteiger partial charge in [-0.15, -0.1) is 0 Å². The summed E-state index contributed by atoms with van der Waals surface area (Å²) in [5.74, 6) is 0.332. The van der Waals surface area contributed by atoms with Crippen molar-refractivity contribution in [1.29, 1.82) is 0 Å². The van der Waals surface area contributed by atoms with Crippen LogP contribution >= 0.6 is 0 Å². The quantitative estimate of drug-likeness (QED) is 0.808. The zero-order chi connectivity index (χ0) is 16.2. The van der Waals surface area contributed by atoms with Crippen molar-refractivity contribution in [3.05, 3.63) is 0 Å². The number of sulfonamides is 1. The van der Waals surface area contributed by atoms with Crippen LogP contribution in [0.25, 0.3) is 0 Å². The summed E-state index contributed by atoms with van der Waals surface area (Å²) in [5, 5.41) is 0. The van der Waals surface area contributed by atoms with E-state index in [1.807, 2.05) is 13.8 Å². The van der Waals surface area contributed by atoms with Gasteiger partial charge in [-0.1, -0.05) is 33.6 Å². The van der Waals surface area contributed by atoms with Crippen molar-refractivity contribution in [2.45, 2.75) is 64.5 Å². The van der Waals surface area contributed by atoms with Gasteiger partial charge >= 0.3 is 0 Å². The maximum Gasteiger partial charge on any atom is 0.212 e. The molecule has 2 rings (SSSR count). The van der Waals surface area contributed by atoms with E-state index in [0.29, 0.717) is 6.61 Å². The first-order valence-electron chi connectivity index (χ1n) is 8.73. The molecule has 130 valence electrons. The summed E-state index contributed by atoms with van der Waals surface area (Å²) < 4.78 is 33.9. The Labute approximate surface area is 135 Å². The SMILES string of the molecule is CCCN1CCOC2(CCCCC2NS(=O)(=O)CC(C)C)C1. The highest BCUT2D eigenvalue weighted by atomic mass is 32.2. The Morgan fingerprint density at radius 2 is 2.14 bits per heavy atom. The Morgan fingerprint density at radius 1 is 1.36 bits per heavy atom. The van der Waals surface area contributed by atoms with E-state index in [-0.39, 0.29) is 23.3 Å². The number of hydrogen-bond acceptors (Lipinski definition) is 4. The Kier molecular flexibility index (Phi) is 6.28. The first-order chi connectivity index (χ1) is 10.4. The molecule has 1 saturated carbocycles.